The van der Waals surface area contributed by atoms with Crippen LogP contribution in [0.25, 0.3) is 0 Å². The zero-order valence-corrected chi connectivity index (χ0v) is 11.9. The van der Waals surface area contributed by atoms with Gasteiger partial charge in [0.05, 0.1) is 11.5 Å². The van der Waals surface area contributed by atoms with Gasteiger partial charge in [0.1, 0.15) is 6.61 Å². The Hall–Kier alpha value is -1.25. The number of hydrogen-bond acceptors (Lipinski definition) is 4. The number of rotatable bonds is 9. The van der Waals surface area contributed by atoms with E-state index in [0.717, 1.165) is 0 Å². The van der Waals surface area contributed by atoms with Crippen LogP contribution in [0.3, 0.4) is 0 Å². The molecule has 0 radical (unpaired) electrons. The minimum atomic E-state index is -3.45. The van der Waals surface area contributed by atoms with Crippen LogP contribution in [0.15, 0.2) is 29.2 Å². The summed E-state index contributed by atoms with van der Waals surface area (Å²) in [7, 11) is -3.45. The van der Waals surface area contributed by atoms with Crippen molar-refractivity contribution in [3.63, 3.8) is 0 Å². The third kappa shape index (κ3) is 5.81. The van der Waals surface area contributed by atoms with E-state index in [1.807, 2.05) is 0 Å². The number of hydrogen-bond donors (Lipinski definition) is 2. The summed E-state index contributed by atoms with van der Waals surface area (Å²) < 4.78 is 54.1. The molecule has 2 N–H and O–H groups in total. The van der Waals surface area contributed by atoms with E-state index >= 15 is 0 Å². The van der Waals surface area contributed by atoms with Crippen LogP contribution in [-0.4, -0.2) is 41.1 Å². The summed E-state index contributed by atoms with van der Waals surface area (Å²) in [4.78, 5) is 0.179. The molecule has 1 rings (SSSR count). The molecule has 0 aliphatic carbocycles. The number of halogens is 2. The molecule has 0 bridgehead atoms. The van der Waals surface area contributed by atoms with Gasteiger partial charge in [-0.25, -0.2) is 21.9 Å². The molecule has 0 amide bonds. The van der Waals surface area contributed by atoms with Crippen LogP contribution in [-0.2, 0) is 14.8 Å². The predicted molar refractivity (Wildman–Crippen MR) is 72.6 cm³/mol. The lowest BCUT2D eigenvalue weighted by molar-refractivity contribution is 0.0215. The Bertz CT molecular complexity index is 492. The molecule has 8 heteroatoms. The smallest absolute Gasteiger partial charge is 0.261 e. The highest BCUT2D eigenvalue weighted by molar-refractivity contribution is 7.89. The van der Waals surface area contributed by atoms with E-state index in [1.54, 1.807) is 19.1 Å². The quantitative estimate of drug-likeness (QED) is 0.681. The maximum atomic E-state index is 11.8. The van der Waals surface area contributed by atoms with Crippen LogP contribution in [0, 0.1) is 0 Å². The standard InChI is InChI=1S/C12H18F2N2O3S/c1-2-16-20(17,18)11-5-3-10(4-6-11)15-7-8-19-9-12(13)14/h3-6,12,15-16H,2,7-9H2,1H3. The summed E-state index contributed by atoms with van der Waals surface area (Å²) in [5.41, 5.74) is 0.695. The van der Waals surface area contributed by atoms with Crippen molar-refractivity contribution in [2.45, 2.75) is 18.2 Å². The number of benzene rings is 1. The molecule has 0 atom stereocenters. The first-order chi connectivity index (χ1) is 9.45. The molecule has 0 saturated heterocycles. The zero-order valence-electron chi connectivity index (χ0n) is 11.1. The highest BCUT2D eigenvalue weighted by Crippen LogP contribution is 2.13. The molecule has 1 aromatic rings. The van der Waals surface area contributed by atoms with Gasteiger partial charge in [0, 0.05) is 18.8 Å². The molecule has 0 aromatic heterocycles. The summed E-state index contributed by atoms with van der Waals surface area (Å²) in [5.74, 6) is 0. The predicted octanol–water partition coefficient (Wildman–Crippen LogP) is 1.68. The van der Waals surface area contributed by atoms with Gasteiger partial charge in [0.15, 0.2) is 0 Å². The molecule has 0 unspecified atom stereocenters. The normalized spacial score (nSPS) is 11.8. The van der Waals surface area contributed by atoms with Crippen LogP contribution < -0.4 is 10.0 Å². The lowest BCUT2D eigenvalue weighted by atomic mass is 10.3. The first-order valence-electron chi connectivity index (χ1n) is 6.15. The number of nitrogens with one attached hydrogen (secondary N) is 2. The molecule has 114 valence electrons. The molecule has 0 aliphatic heterocycles. The van der Waals surface area contributed by atoms with Gasteiger partial charge in [-0.1, -0.05) is 6.92 Å². The Morgan fingerprint density at radius 2 is 1.90 bits per heavy atom. The molecule has 5 nitrogen and oxygen atoms in total. The van der Waals surface area contributed by atoms with Gasteiger partial charge in [-0.05, 0) is 24.3 Å². The van der Waals surface area contributed by atoms with Crippen LogP contribution in [0.1, 0.15) is 6.92 Å². The number of alkyl halides is 2. The van der Waals surface area contributed by atoms with E-state index in [9.17, 15) is 17.2 Å². The fraction of sp³-hybridized carbons (Fsp3) is 0.500. The third-order valence-electron chi connectivity index (χ3n) is 2.32. The lowest BCUT2D eigenvalue weighted by Gasteiger charge is -2.08. The molecular formula is C12H18F2N2O3S. The molecule has 0 spiro atoms. The Labute approximate surface area is 117 Å². The Morgan fingerprint density at radius 3 is 2.45 bits per heavy atom. The average molecular weight is 308 g/mol. The van der Waals surface area contributed by atoms with E-state index in [0.29, 0.717) is 18.8 Å². The first-order valence-corrected chi connectivity index (χ1v) is 7.63. The fourth-order valence-corrected chi connectivity index (χ4v) is 2.51. The first kappa shape index (κ1) is 16.8. The van der Waals surface area contributed by atoms with Gasteiger partial charge >= 0.3 is 0 Å². The average Bonchev–Trinajstić information content (AvgIpc) is 2.38. The molecule has 0 fully saturated rings. The van der Waals surface area contributed by atoms with Gasteiger partial charge in [-0.3, -0.25) is 0 Å². The third-order valence-corrected chi connectivity index (χ3v) is 3.88. The van der Waals surface area contributed by atoms with Crippen molar-refractivity contribution in [3.8, 4) is 0 Å². The SMILES string of the molecule is CCNS(=O)(=O)c1ccc(NCCOCC(F)F)cc1. The second-order valence-electron chi connectivity index (χ2n) is 3.92. The molecule has 0 heterocycles. The number of ether oxygens (including phenoxy) is 1. The zero-order chi connectivity index (χ0) is 15.0. The summed E-state index contributed by atoms with van der Waals surface area (Å²) in [6.07, 6.45) is -2.47. The van der Waals surface area contributed by atoms with Crippen LogP contribution in [0.4, 0.5) is 14.5 Å². The molecule has 0 aliphatic rings. The van der Waals surface area contributed by atoms with Crippen molar-refractivity contribution < 1.29 is 21.9 Å². The van der Waals surface area contributed by atoms with Crippen molar-refractivity contribution in [1.29, 1.82) is 0 Å². The summed E-state index contributed by atoms with van der Waals surface area (Å²) in [6, 6.07) is 6.16. The summed E-state index contributed by atoms with van der Waals surface area (Å²) in [5, 5.41) is 2.94. The van der Waals surface area contributed by atoms with Gasteiger partial charge in [0.2, 0.25) is 10.0 Å². The Kier molecular flexibility index (Phi) is 6.83. The van der Waals surface area contributed by atoms with Gasteiger partial charge in [-0.2, -0.15) is 0 Å². The number of sulfonamides is 1. The topological polar surface area (TPSA) is 67.4 Å². The fourth-order valence-electron chi connectivity index (χ4n) is 1.47. The van der Waals surface area contributed by atoms with E-state index < -0.39 is 23.1 Å². The Balaban J connectivity index is 2.43. The highest BCUT2D eigenvalue weighted by atomic mass is 32.2. The second kappa shape index (κ2) is 8.13. The molecule has 1 aromatic carbocycles. The van der Waals surface area contributed by atoms with E-state index in [2.05, 4.69) is 10.0 Å². The lowest BCUT2D eigenvalue weighted by Crippen LogP contribution is -2.23. The molecule has 0 saturated carbocycles. The van der Waals surface area contributed by atoms with Crippen molar-refractivity contribution in [1.82, 2.24) is 4.72 Å². The Morgan fingerprint density at radius 1 is 1.25 bits per heavy atom. The largest absolute Gasteiger partial charge is 0.383 e. The minimum absolute atomic E-state index is 0.155. The van der Waals surface area contributed by atoms with Crippen molar-refractivity contribution >= 4 is 15.7 Å². The van der Waals surface area contributed by atoms with Gasteiger partial charge in [0.25, 0.3) is 6.43 Å². The molecule has 20 heavy (non-hydrogen) atoms. The van der Waals surface area contributed by atoms with Crippen molar-refractivity contribution in [2.24, 2.45) is 0 Å². The van der Waals surface area contributed by atoms with Crippen LogP contribution in [0.5, 0.6) is 0 Å². The van der Waals surface area contributed by atoms with Crippen LogP contribution in [0.2, 0.25) is 0 Å². The maximum Gasteiger partial charge on any atom is 0.261 e. The monoisotopic (exact) mass is 308 g/mol. The van der Waals surface area contributed by atoms with E-state index in [-0.39, 0.29) is 11.5 Å². The van der Waals surface area contributed by atoms with Gasteiger partial charge < -0.3 is 10.1 Å². The summed E-state index contributed by atoms with van der Waals surface area (Å²) in [6.45, 7) is 1.96. The number of anilines is 1. The van der Waals surface area contributed by atoms with E-state index in [4.69, 9.17) is 4.74 Å². The van der Waals surface area contributed by atoms with Crippen molar-refractivity contribution in [2.75, 3.05) is 31.6 Å². The van der Waals surface area contributed by atoms with Gasteiger partial charge in [-0.15, -0.1) is 0 Å². The summed E-state index contributed by atoms with van der Waals surface area (Å²) >= 11 is 0. The second-order valence-corrected chi connectivity index (χ2v) is 5.69. The maximum absolute atomic E-state index is 11.8. The highest BCUT2D eigenvalue weighted by Gasteiger charge is 2.11. The molecular weight excluding hydrogens is 290 g/mol. The minimum Gasteiger partial charge on any atom is -0.383 e. The van der Waals surface area contributed by atoms with E-state index in [1.165, 1.54) is 12.1 Å². The van der Waals surface area contributed by atoms with Crippen LogP contribution >= 0.6 is 0 Å². The van der Waals surface area contributed by atoms with Crippen molar-refractivity contribution in [3.05, 3.63) is 24.3 Å².